The number of hydrazone groups is 1. The minimum absolute atomic E-state index is 0. The maximum absolute atomic E-state index is 11.0. The smallest absolute Gasteiger partial charge is 0.212 e. The number of halogens is 1. The molecule has 2 N–H and O–H groups in total. The third kappa shape index (κ3) is 6.28. The summed E-state index contributed by atoms with van der Waals surface area (Å²) in [4.78, 5) is 17.6. The predicted molar refractivity (Wildman–Crippen MR) is 129 cm³/mol. The summed E-state index contributed by atoms with van der Waals surface area (Å²) in [6.45, 7) is 5.01. The third-order valence-corrected chi connectivity index (χ3v) is 4.69. The zero-order valence-corrected chi connectivity index (χ0v) is 19.0. The Balaban J connectivity index is 0.00000300. The van der Waals surface area contributed by atoms with Crippen LogP contribution in [-0.4, -0.2) is 47.6 Å². The molecule has 6 nitrogen and oxygen atoms in total. The highest BCUT2D eigenvalue weighted by atomic mass is 127. The highest BCUT2D eigenvalue weighted by Crippen LogP contribution is 2.16. The Kier molecular flexibility index (Phi) is 9.11. The van der Waals surface area contributed by atoms with Crippen LogP contribution in [0.2, 0.25) is 0 Å². The number of carbonyl (C=O) groups excluding carboxylic acids is 1. The summed E-state index contributed by atoms with van der Waals surface area (Å²) >= 11 is 0. The number of likely N-dealkylation sites (tertiary alicyclic amines) is 1. The second-order valence-electron chi connectivity index (χ2n) is 6.73. The molecule has 2 aromatic rings. The molecule has 1 aliphatic rings. The van der Waals surface area contributed by atoms with Crippen molar-refractivity contribution in [1.82, 2.24) is 9.91 Å². The number of carbonyl (C=O) groups is 1. The van der Waals surface area contributed by atoms with Crippen LogP contribution in [0.15, 0.2) is 64.7 Å². The van der Waals surface area contributed by atoms with E-state index in [4.69, 9.17) is 10.8 Å². The van der Waals surface area contributed by atoms with Crippen LogP contribution < -0.4 is 5.73 Å². The van der Waals surface area contributed by atoms with Crippen molar-refractivity contribution in [2.24, 2.45) is 15.8 Å². The quantitative estimate of drug-likeness (QED) is 0.214. The molecule has 0 atom stereocenters. The molecule has 0 radical (unpaired) electrons. The fourth-order valence-corrected chi connectivity index (χ4v) is 3.23. The number of aldehydes is 1. The molecule has 7 heteroatoms. The first-order valence-electron chi connectivity index (χ1n) is 9.72. The fourth-order valence-electron chi connectivity index (χ4n) is 3.23. The highest BCUT2D eigenvalue weighted by molar-refractivity contribution is 14.0. The monoisotopic (exact) mass is 505 g/mol. The van der Waals surface area contributed by atoms with E-state index in [1.807, 2.05) is 49.4 Å². The van der Waals surface area contributed by atoms with Gasteiger partial charge in [-0.25, -0.2) is 5.01 Å². The van der Waals surface area contributed by atoms with Gasteiger partial charge in [-0.1, -0.05) is 54.6 Å². The number of rotatable bonds is 6. The number of nitrogens with two attached hydrogens (primary N) is 1. The van der Waals surface area contributed by atoms with E-state index in [2.05, 4.69) is 22.0 Å². The lowest BCUT2D eigenvalue weighted by atomic mass is 10.1. The zero-order valence-electron chi connectivity index (χ0n) is 16.7. The van der Waals surface area contributed by atoms with Gasteiger partial charge in [-0.05, 0) is 25.3 Å². The van der Waals surface area contributed by atoms with E-state index in [0.29, 0.717) is 24.6 Å². The molecule has 1 fully saturated rings. The van der Waals surface area contributed by atoms with E-state index >= 15 is 0 Å². The van der Waals surface area contributed by atoms with Gasteiger partial charge in [0.15, 0.2) is 5.84 Å². The van der Waals surface area contributed by atoms with E-state index in [0.717, 1.165) is 49.2 Å². The number of hydrogen-bond donors (Lipinski definition) is 1. The van der Waals surface area contributed by atoms with Crippen LogP contribution in [0.3, 0.4) is 0 Å². The van der Waals surface area contributed by atoms with Gasteiger partial charge < -0.3 is 10.6 Å². The van der Waals surface area contributed by atoms with Gasteiger partial charge in [0.25, 0.3) is 0 Å². The lowest BCUT2D eigenvalue weighted by Crippen LogP contribution is -2.37. The summed E-state index contributed by atoms with van der Waals surface area (Å²) in [7, 11) is 0. The summed E-state index contributed by atoms with van der Waals surface area (Å²) in [5, 5.41) is 6.69. The van der Waals surface area contributed by atoms with Crippen LogP contribution in [0.4, 0.5) is 0 Å². The van der Waals surface area contributed by atoms with E-state index < -0.39 is 0 Å². The first kappa shape index (κ1) is 22.9. The Labute approximate surface area is 189 Å². The van der Waals surface area contributed by atoms with Crippen molar-refractivity contribution < 1.29 is 4.79 Å². The van der Waals surface area contributed by atoms with Crippen molar-refractivity contribution in [3.63, 3.8) is 0 Å². The molecule has 3 rings (SSSR count). The number of benzene rings is 2. The maximum Gasteiger partial charge on any atom is 0.212 e. The molecule has 2 aromatic carbocycles. The second kappa shape index (κ2) is 11.5. The van der Waals surface area contributed by atoms with E-state index in [1.165, 1.54) is 0 Å². The van der Waals surface area contributed by atoms with Crippen LogP contribution in [0.25, 0.3) is 0 Å². The molecule has 0 bridgehead atoms. The third-order valence-electron chi connectivity index (χ3n) is 4.69. The number of hydrogen-bond acceptors (Lipinski definition) is 3. The second-order valence-corrected chi connectivity index (χ2v) is 6.73. The van der Waals surface area contributed by atoms with Crippen LogP contribution in [0, 0.1) is 0 Å². The van der Waals surface area contributed by atoms with Gasteiger partial charge in [-0.3, -0.25) is 9.79 Å². The molecule has 154 valence electrons. The van der Waals surface area contributed by atoms with Crippen molar-refractivity contribution in [3.05, 3.63) is 71.3 Å². The fraction of sp³-hybridized carbons (Fsp3) is 0.318. The number of guanidine groups is 1. The van der Waals surface area contributed by atoms with Crippen LogP contribution >= 0.6 is 24.0 Å². The normalized spacial score (nSPS) is 14.4. The molecule has 29 heavy (non-hydrogen) atoms. The lowest BCUT2D eigenvalue weighted by molar-refractivity contribution is 0.112. The van der Waals surface area contributed by atoms with Crippen molar-refractivity contribution in [3.8, 4) is 0 Å². The summed E-state index contributed by atoms with van der Waals surface area (Å²) in [5.41, 5.74) is 8.98. The van der Waals surface area contributed by atoms with Crippen LogP contribution in [0.5, 0.6) is 0 Å². The molecule has 1 aliphatic heterocycles. The molecule has 0 amide bonds. The number of aliphatic imine (C=N–C) groups is 1. The van der Waals surface area contributed by atoms with E-state index in [9.17, 15) is 4.79 Å². The van der Waals surface area contributed by atoms with Crippen molar-refractivity contribution >= 4 is 42.1 Å². The van der Waals surface area contributed by atoms with Gasteiger partial charge in [0.05, 0.1) is 6.54 Å². The van der Waals surface area contributed by atoms with Gasteiger partial charge >= 0.3 is 0 Å². The summed E-state index contributed by atoms with van der Waals surface area (Å²) in [6.07, 6.45) is 3.13. The average Bonchev–Trinajstić information content (AvgIpc) is 3.26. The highest BCUT2D eigenvalue weighted by Gasteiger charge is 2.20. The summed E-state index contributed by atoms with van der Waals surface area (Å²) in [6, 6.07) is 17.6. The summed E-state index contributed by atoms with van der Waals surface area (Å²) < 4.78 is 0. The Bertz CT molecular complexity index is 830. The molecule has 1 saturated heterocycles. The number of amidine groups is 1. The van der Waals surface area contributed by atoms with Gasteiger partial charge in [0.2, 0.25) is 5.96 Å². The first-order chi connectivity index (χ1) is 13.7. The molecule has 0 spiro atoms. The molecule has 0 aromatic heterocycles. The van der Waals surface area contributed by atoms with Crippen LogP contribution in [0.1, 0.15) is 41.3 Å². The Morgan fingerprint density at radius 1 is 1.10 bits per heavy atom. The Morgan fingerprint density at radius 3 is 2.34 bits per heavy atom. The van der Waals surface area contributed by atoms with Gasteiger partial charge in [-0.15, -0.1) is 24.0 Å². The van der Waals surface area contributed by atoms with Gasteiger partial charge in [0.1, 0.15) is 6.29 Å². The summed E-state index contributed by atoms with van der Waals surface area (Å²) in [5.74, 6) is 1.26. The minimum Gasteiger partial charge on any atom is -0.368 e. The molecular weight excluding hydrogens is 477 g/mol. The average molecular weight is 505 g/mol. The molecule has 0 saturated carbocycles. The largest absolute Gasteiger partial charge is 0.368 e. The first-order valence-corrected chi connectivity index (χ1v) is 9.72. The maximum atomic E-state index is 11.0. The predicted octanol–water partition coefficient (Wildman–Crippen LogP) is 3.71. The minimum atomic E-state index is 0. The van der Waals surface area contributed by atoms with Crippen molar-refractivity contribution in [2.75, 3.05) is 19.6 Å². The SMILES string of the molecule is CCN=C(N)N(Cc1ccccc1)N=C(c1ccc(C=O)cc1)N1CCCC1.I. The number of nitrogens with zero attached hydrogens (tertiary/aromatic N) is 4. The van der Waals surface area contributed by atoms with Gasteiger partial charge in [-0.2, -0.15) is 5.10 Å². The van der Waals surface area contributed by atoms with Crippen LogP contribution in [-0.2, 0) is 6.54 Å². The molecule has 0 unspecified atom stereocenters. The van der Waals surface area contributed by atoms with Crippen molar-refractivity contribution in [1.29, 1.82) is 0 Å². The molecule has 0 aliphatic carbocycles. The van der Waals surface area contributed by atoms with Gasteiger partial charge in [0, 0.05) is 30.8 Å². The molecule has 1 heterocycles. The Morgan fingerprint density at radius 2 is 1.76 bits per heavy atom. The van der Waals surface area contributed by atoms with E-state index in [1.54, 1.807) is 5.01 Å². The topological polar surface area (TPSA) is 74.3 Å². The standard InChI is InChI=1S/C22H27N5O.HI/c1-2-24-22(23)27(16-18-8-4-3-5-9-18)25-21(26-14-6-7-15-26)20-12-10-19(17-28)11-13-20;/h3-5,8-13,17H,2,6-7,14-16H2,1H3,(H2,23,24);1H. The molecular formula is C22H28IN5O. The van der Waals surface area contributed by atoms with E-state index in [-0.39, 0.29) is 24.0 Å². The lowest BCUT2D eigenvalue weighted by Gasteiger charge is -2.25. The Hall–Kier alpha value is -2.42. The zero-order chi connectivity index (χ0) is 19.8. The van der Waals surface area contributed by atoms with Crippen molar-refractivity contribution in [2.45, 2.75) is 26.3 Å².